The first-order valence-corrected chi connectivity index (χ1v) is 9.68. The van der Waals surface area contributed by atoms with Crippen LogP contribution in [0.2, 0.25) is 0 Å². The van der Waals surface area contributed by atoms with Gasteiger partial charge in [0.05, 0.1) is 6.10 Å². The standard InChI is InChI=1S/C20H34N4O/c1-3-21-20(23-17-11-13-19(25)14-12-17)22-15-7-8-16-24(2)18-9-5-4-6-10-18/h4-6,9-10,17,19,25H,3,7-8,11-16H2,1-2H3,(H2,21,22,23). The molecule has 1 saturated carbocycles. The first kappa shape index (κ1) is 19.6. The van der Waals surface area contributed by atoms with Crippen molar-refractivity contribution in [3.63, 3.8) is 0 Å². The van der Waals surface area contributed by atoms with Crippen molar-refractivity contribution in [2.45, 2.75) is 57.6 Å². The molecule has 0 bridgehead atoms. The molecule has 1 aromatic carbocycles. The van der Waals surface area contributed by atoms with Crippen LogP contribution >= 0.6 is 0 Å². The highest BCUT2D eigenvalue weighted by molar-refractivity contribution is 5.80. The summed E-state index contributed by atoms with van der Waals surface area (Å²) in [7, 11) is 2.14. The van der Waals surface area contributed by atoms with E-state index in [0.29, 0.717) is 6.04 Å². The van der Waals surface area contributed by atoms with Gasteiger partial charge < -0.3 is 20.6 Å². The molecule has 0 aliphatic heterocycles. The Morgan fingerprint density at radius 3 is 2.56 bits per heavy atom. The van der Waals surface area contributed by atoms with Crippen molar-refractivity contribution in [1.82, 2.24) is 10.6 Å². The summed E-state index contributed by atoms with van der Waals surface area (Å²) in [6.07, 6.45) is 5.92. The molecule has 1 aromatic rings. The molecule has 140 valence electrons. The zero-order valence-corrected chi connectivity index (χ0v) is 15.7. The van der Waals surface area contributed by atoms with Gasteiger partial charge in [-0.3, -0.25) is 4.99 Å². The fourth-order valence-corrected chi connectivity index (χ4v) is 3.20. The summed E-state index contributed by atoms with van der Waals surface area (Å²) in [5.41, 5.74) is 1.26. The van der Waals surface area contributed by atoms with Crippen molar-refractivity contribution in [2.75, 3.05) is 31.6 Å². The van der Waals surface area contributed by atoms with E-state index in [1.54, 1.807) is 0 Å². The van der Waals surface area contributed by atoms with E-state index in [9.17, 15) is 5.11 Å². The Morgan fingerprint density at radius 2 is 1.88 bits per heavy atom. The van der Waals surface area contributed by atoms with Crippen LogP contribution in [0.25, 0.3) is 0 Å². The van der Waals surface area contributed by atoms with E-state index in [4.69, 9.17) is 4.99 Å². The number of rotatable bonds is 8. The Morgan fingerprint density at radius 1 is 1.16 bits per heavy atom. The normalized spacial score (nSPS) is 21.0. The van der Waals surface area contributed by atoms with Gasteiger partial charge in [0.15, 0.2) is 5.96 Å². The minimum absolute atomic E-state index is 0.112. The number of guanidine groups is 1. The molecule has 5 nitrogen and oxygen atoms in total. The fourth-order valence-electron chi connectivity index (χ4n) is 3.20. The molecular formula is C20H34N4O. The zero-order valence-electron chi connectivity index (χ0n) is 15.7. The molecule has 2 rings (SSSR count). The van der Waals surface area contributed by atoms with Gasteiger partial charge in [-0.1, -0.05) is 18.2 Å². The van der Waals surface area contributed by atoms with Gasteiger partial charge >= 0.3 is 0 Å². The van der Waals surface area contributed by atoms with E-state index in [-0.39, 0.29) is 6.10 Å². The van der Waals surface area contributed by atoms with Crippen molar-refractivity contribution in [3.8, 4) is 0 Å². The number of nitrogens with zero attached hydrogens (tertiary/aromatic N) is 2. The number of unbranched alkanes of at least 4 members (excludes halogenated alkanes) is 1. The van der Waals surface area contributed by atoms with Crippen LogP contribution < -0.4 is 15.5 Å². The molecule has 1 aliphatic rings. The van der Waals surface area contributed by atoms with Gasteiger partial charge in [0.2, 0.25) is 0 Å². The van der Waals surface area contributed by atoms with Crippen LogP contribution in [0, 0.1) is 0 Å². The lowest BCUT2D eigenvalue weighted by atomic mass is 9.93. The molecule has 0 heterocycles. The number of hydrogen-bond donors (Lipinski definition) is 3. The lowest BCUT2D eigenvalue weighted by Gasteiger charge is -2.27. The molecule has 0 atom stereocenters. The molecule has 0 aromatic heterocycles. The minimum atomic E-state index is -0.112. The van der Waals surface area contributed by atoms with Gasteiger partial charge in [-0.05, 0) is 57.6 Å². The van der Waals surface area contributed by atoms with Crippen LogP contribution in [-0.4, -0.2) is 49.9 Å². The molecular weight excluding hydrogens is 312 g/mol. The topological polar surface area (TPSA) is 59.9 Å². The highest BCUT2D eigenvalue weighted by Gasteiger charge is 2.19. The Bertz CT molecular complexity index is 498. The van der Waals surface area contributed by atoms with Gasteiger partial charge in [-0.25, -0.2) is 0 Å². The van der Waals surface area contributed by atoms with Gasteiger partial charge in [0.1, 0.15) is 0 Å². The van der Waals surface area contributed by atoms with Crippen molar-refractivity contribution in [1.29, 1.82) is 0 Å². The predicted octanol–water partition coefficient (Wildman–Crippen LogP) is 2.76. The zero-order chi connectivity index (χ0) is 17.9. The smallest absolute Gasteiger partial charge is 0.191 e. The third kappa shape index (κ3) is 7.34. The number of anilines is 1. The van der Waals surface area contributed by atoms with Crippen LogP contribution in [0.4, 0.5) is 5.69 Å². The van der Waals surface area contributed by atoms with Crippen LogP contribution in [0.5, 0.6) is 0 Å². The van der Waals surface area contributed by atoms with E-state index in [1.165, 1.54) is 5.69 Å². The Labute approximate surface area is 152 Å². The average molecular weight is 347 g/mol. The third-order valence-electron chi connectivity index (χ3n) is 4.75. The molecule has 0 unspecified atom stereocenters. The Hall–Kier alpha value is -1.75. The fraction of sp³-hybridized carbons (Fsp3) is 0.650. The summed E-state index contributed by atoms with van der Waals surface area (Å²) in [6, 6.07) is 10.9. The van der Waals surface area contributed by atoms with E-state index in [1.807, 2.05) is 6.07 Å². The number of aliphatic imine (C=N–C) groups is 1. The lowest BCUT2D eigenvalue weighted by molar-refractivity contribution is 0.120. The molecule has 0 radical (unpaired) electrons. The number of aliphatic hydroxyl groups excluding tert-OH is 1. The van der Waals surface area contributed by atoms with Crippen LogP contribution in [0.3, 0.4) is 0 Å². The molecule has 25 heavy (non-hydrogen) atoms. The van der Waals surface area contributed by atoms with Gasteiger partial charge in [-0.2, -0.15) is 0 Å². The van der Waals surface area contributed by atoms with Gasteiger partial charge in [0, 0.05) is 38.4 Å². The third-order valence-corrected chi connectivity index (χ3v) is 4.75. The van der Waals surface area contributed by atoms with Crippen molar-refractivity contribution < 1.29 is 5.11 Å². The molecule has 0 saturated heterocycles. The van der Waals surface area contributed by atoms with Crippen molar-refractivity contribution in [2.24, 2.45) is 4.99 Å². The maximum Gasteiger partial charge on any atom is 0.191 e. The molecule has 1 aliphatic carbocycles. The maximum absolute atomic E-state index is 9.61. The lowest BCUT2D eigenvalue weighted by Crippen LogP contribution is -2.45. The first-order valence-electron chi connectivity index (χ1n) is 9.68. The van der Waals surface area contributed by atoms with E-state index in [0.717, 1.165) is 64.1 Å². The molecule has 0 spiro atoms. The van der Waals surface area contributed by atoms with E-state index < -0.39 is 0 Å². The van der Waals surface area contributed by atoms with Crippen LogP contribution in [-0.2, 0) is 0 Å². The summed E-state index contributed by atoms with van der Waals surface area (Å²) < 4.78 is 0. The summed E-state index contributed by atoms with van der Waals surface area (Å²) in [6.45, 7) is 4.85. The molecule has 5 heteroatoms. The number of nitrogens with one attached hydrogen (secondary N) is 2. The first-order chi connectivity index (χ1) is 12.2. The van der Waals surface area contributed by atoms with Crippen LogP contribution in [0.15, 0.2) is 35.3 Å². The summed E-state index contributed by atoms with van der Waals surface area (Å²) >= 11 is 0. The maximum atomic E-state index is 9.61. The van der Waals surface area contributed by atoms with Crippen molar-refractivity contribution >= 4 is 11.6 Å². The summed E-state index contributed by atoms with van der Waals surface area (Å²) in [5, 5.41) is 16.5. The van der Waals surface area contributed by atoms with E-state index >= 15 is 0 Å². The second kappa shape index (κ2) is 11.0. The van der Waals surface area contributed by atoms with Gasteiger partial charge in [0.25, 0.3) is 0 Å². The number of benzene rings is 1. The summed E-state index contributed by atoms with van der Waals surface area (Å²) in [4.78, 5) is 7.00. The van der Waals surface area contributed by atoms with Crippen molar-refractivity contribution in [3.05, 3.63) is 30.3 Å². The highest BCUT2D eigenvalue weighted by atomic mass is 16.3. The number of para-hydroxylation sites is 1. The van der Waals surface area contributed by atoms with E-state index in [2.05, 4.69) is 53.8 Å². The minimum Gasteiger partial charge on any atom is -0.393 e. The highest BCUT2D eigenvalue weighted by Crippen LogP contribution is 2.18. The van der Waals surface area contributed by atoms with Crippen LogP contribution in [0.1, 0.15) is 45.4 Å². The number of hydrogen-bond acceptors (Lipinski definition) is 3. The van der Waals surface area contributed by atoms with Gasteiger partial charge in [-0.15, -0.1) is 0 Å². The second-order valence-electron chi connectivity index (χ2n) is 6.87. The molecule has 3 N–H and O–H groups in total. The number of aliphatic hydroxyl groups is 1. The quantitative estimate of drug-likeness (QED) is 0.385. The SMILES string of the molecule is CCNC(=NCCCCN(C)c1ccccc1)NC1CCC(O)CC1. The predicted molar refractivity (Wildman–Crippen MR) is 106 cm³/mol. The summed E-state index contributed by atoms with van der Waals surface area (Å²) in [5.74, 6) is 0.917. The molecule has 0 amide bonds. The largest absolute Gasteiger partial charge is 0.393 e. The monoisotopic (exact) mass is 346 g/mol. The second-order valence-corrected chi connectivity index (χ2v) is 6.87. The molecule has 1 fully saturated rings. The average Bonchev–Trinajstić information content (AvgIpc) is 2.64. The Kier molecular flexibility index (Phi) is 8.60. The Balaban J connectivity index is 1.68.